The van der Waals surface area contributed by atoms with E-state index < -0.39 is 0 Å². The van der Waals surface area contributed by atoms with Gasteiger partial charge in [0.1, 0.15) is 6.04 Å². The van der Waals surface area contributed by atoms with Crippen LogP contribution in [0.25, 0.3) is 11.3 Å². The van der Waals surface area contributed by atoms with Gasteiger partial charge in [0, 0.05) is 49.8 Å². The number of hydrogen-bond donors (Lipinski definition) is 1. The van der Waals surface area contributed by atoms with E-state index in [1.165, 1.54) is 11.3 Å². The molecular formula is C19H22N4O2. The molecule has 0 bridgehead atoms. The van der Waals surface area contributed by atoms with E-state index in [2.05, 4.69) is 17.4 Å². The fourth-order valence-corrected chi connectivity index (χ4v) is 3.85. The van der Waals surface area contributed by atoms with Gasteiger partial charge < -0.3 is 10.2 Å². The van der Waals surface area contributed by atoms with Crippen molar-refractivity contribution in [1.29, 1.82) is 0 Å². The minimum atomic E-state index is -0.347. The molecule has 4 rings (SSSR count). The smallest absolute Gasteiger partial charge is 0.245 e. The highest BCUT2D eigenvalue weighted by Gasteiger charge is 2.32. The van der Waals surface area contributed by atoms with Crippen molar-refractivity contribution in [3.8, 4) is 11.3 Å². The van der Waals surface area contributed by atoms with Crippen molar-refractivity contribution in [3.63, 3.8) is 0 Å². The molecule has 2 aromatic rings. The van der Waals surface area contributed by atoms with Gasteiger partial charge in [0.25, 0.3) is 0 Å². The Balaban J connectivity index is 1.56. The van der Waals surface area contributed by atoms with Crippen LogP contribution in [0.3, 0.4) is 0 Å². The van der Waals surface area contributed by atoms with Crippen LogP contribution in [-0.2, 0) is 29.5 Å². The van der Waals surface area contributed by atoms with Crippen molar-refractivity contribution < 1.29 is 9.59 Å². The van der Waals surface area contributed by atoms with Gasteiger partial charge in [-0.3, -0.25) is 14.3 Å². The summed E-state index contributed by atoms with van der Waals surface area (Å²) in [6.45, 7) is 1.34. The second kappa shape index (κ2) is 6.35. The second-order valence-corrected chi connectivity index (χ2v) is 6.75. The highest BCUT2D eigenvalue weighted by Crippen LogP contribution is 2.28. The van der Waals surface area contributed by atoms with E-state index in [4.69, 9.17) is 5.10 Å². The van der Waals surface area contributed by atoms with Gasteiger partial charge in [0.05, 0.1) is 5.69 Å². The van der Waals surface area contributed by atoms with Gasteiger partial charge in [0.15, 0.2) is 0 Å². The van der Waals surface area contributed by atoms with Crippen molar-refractivity contribution in [2.45, 2.75) is 31.7 Å². The van der Waals surface area contributed by atoms with Gasteiger partial charge in [-0.15, -0.1) is 0 Å². The molecule has 0 spiro atoms. The molecule has 1 N–H and O–H groups in total. The third-order valence-corrected chi connectivity index (χ3v) is 5.18. The molecule has 6 heteroatoms. The predicted molar refractivity (Wildman–Crippen MR) is 93.8 cm³/mol. The lowest BCUT2D eigenvalue weighted by molar-refractivity contribution is -0.134. The standard InChI is InChI=1S/C19H22N4O2/c1-22-16-10-12-23(19(25)15-7-8-17(24)20-15)11-9-14(16)18(21-22)13-5-3-2-4-6-13/h2-6,15H,7-12H2,1H3,(H,20,24). The zero-order valence-corrected chi connectivity index (χ0v) is 14.4. The van der Waals surface area contributed by atoms with E-state index in [0.29, 0.717) is 25.9 Å². The molecule has 1 aromatic carbocycles. The monoisotopic (exact) mass is 338 g/mol. The van der Waals surface area contributed by atoms with E-state index in [1.807, 2.05) is 34.8 Å². The van der Waals surface area contributed by atoms with Gasteiger partial charge in [-0.1, -0.05) is 30.3 Å². The highest BCUT2D eigenvalue weighted by molar-refractivity contribution is 5.90. The molecule has 25 heavy (non-hydrogen) atoms. The summed E-state index contributed by atoms with van der Waals surface area (Å²) >= 11 is 0. The first-order chi connectivity index (χ1) is 12.1. The SMILES string of the molecule is Cn1nc(-c2ccccc2)c2c1CCN(C(=O)C1CCC(=O)N1)CC2. The van der Waals surface area contributed by atoms with Crippen LogP contribution in [0.15, 0.2) is 30.3 Å². The molecule has 130 valence electrons. The van der Waals surface area contributed by atoms with E-state index in [-0.39, 0.29) is 17.9 Å². The number of amides is 2. The summed E-state index contributed by atoms with van der Waals surface area (Å²) in [5, 5.41) is 7.50. The molecule has 2 aliphatic heterocycles. The maximum atomic E-state index is 12.7. The molecule has 1 aromatic heterocycles. The van der Waals surface area contributed by atoms with E-state index >= 15 is 0 Å². The topological polar surface area (TPSA) is 67.2 Å². The molecule has 0 aliphatic carbocycles. The summed E-state index contributed by atoms with van der Waals surface area (Å²) in [4.78, 5) is 26.0. The maximum absolute atomic E-state index is 12.7. The minimum absolute atomic E-state index is 0.0213. The number of nitrogens with one attached hydrogen (secondary N) is 1. The molecule has 1 saturated heterocycles. The van der Waals surface area contributed by atoms with Crippen LogP contribution in [0.1, 0.15) is 24.1 Å². The van der Waals surface area contributed by atoms with Crippen LogP contribution >= 0.6 is 0 Å². The zero-order valence-electron chi connectivity index (χ0n) is 14.4. The van der Waals surface area contributed by atoms with E-state index in [0.717, 1.165) is 24.1 Å². The average Bonchev–Trinajstić information content (AvgIpc) is 3.11. The maximum Gasteiger partial charge on any atom is 0.245 e. The quantitative estimate of drug-likeness (QED) is 0.897. The van der Waals surface area contributed by atoms with Crippen LogP contribution < -0.4 is 5.32 Å². The summed E-state index contributed by atoms with van der Waals surface area (Å²) in [6, 6.07) is 9.84. The van der Waals surface area contributed by atoms with Crippen molar-refractivity contribution >= 4 is 11.8 Å². The highest BCUT2D eigenvalue weighted by atomic mass is 16.2. The van der Waals surface area contributed by atoms with Crippen molar-refractivity contribution in [3.05, 3.63) is 41.6 Å². The molecule has 1 atom stereocenters. The summed E-state index contributed by atoms with van der Waals surface area (Å²) in [6.07, 6.45) is 2.64. The molecule has 2 aliphatic rings. The Morgan fingerprint density at radius 1 is 1.16 bits per heavy atom. The zero-order chi connectivity index (χ0) is 17.4. The normalized spacial score (nSPS) is 20.1. The Labute approximate surface area is 146 Å². The van der Waals surface area contributed by atoms with E-state index in [9.17, 15) is 9.59 Å². The van der Waals surface area contributed by atoms with Crippen LogP contribution in [0.2, 0.25) is 0 Å². The number of benzene rings is 1. The van der Waals surface area contributed by atoms with Crippen LogP contribution in [0, 0.1) is 0 Å². The lowest BCUT2D eigenvalue weighted by Gasteiger charge is -2.23. The third-order valence-electron chi connectivity index (χ3n) is 5.18. The fraction of sp³-hybridized carbons (Fsp3) is 0.421. The molecule has 0 saturated carbocycles. The molecule has 1 fully saturated rings. The number of hydrogen-bond acceptors (Lipinski definition) is 3. The molecule has 0 radical (unpaired) electrons. The Kier molecular flexibility index (Phi) is 4.03. The predicted octanol–water partition coefficient (Wildman–Crippen LogP) is 1.29. The number of carbonyl (C=O) groups excluding carboxylic acids is 2. The first kappa shape index (κ1) is 15.9. The molecule has 2 amide bonds. The Bertz CT molecular complexity index is 812. The first-order valence-corrected chi connectivity index (χ1v) is 8.82. The number of fused-ring (bicyclic) bond motifs is 1. The number of aromatic nitrogens is 2. The summed E-state index contributed by atoms with van der Waals surface area (Å²) in [5.74, 6) is 0.0277. The van der Waals surface area contributed by atoms with Gasteiger partial charge in [-0.2, -0.15) is 5.10 Å². The summed E-state index contributed by atoms with van der Waals surface area (Å²) < 4.78 is 1.95. The second-order valence-electron chi connectivity index (χ2n) is 6.75. The summed E-state index contributed by atoms with van der Waals surface area (Å²) in [7, 11) is 1.97. The van der Waals surface area contributed by atoms with Crippen LogP contribution in [-0.4, -0.2) is 45.6 Å². The largest absolute Gasteiger partial charge is 0.344 e. The Morgan fingerprint density at radius 3 is 2.64 bits per heavy atom. The number of aryl methyl sites for hydroxylation is 1. The van der Waals surface area contributed by atoms with Crippen molar-refractivity contribution in [2.24, 2.45) is 7.05 Å². The fourth-order valence-electron chi connectivity index (χ4n) is 3.85. The number of nitrogens with zero attached hydrogens (tertiary/aromatic N) is 3. The Morgan fingerprint density at radius 2 is 1.92 bits per heavy atom. The van der Waals surface area contributed by atoms with Crippen molar-refractivity contribution in [1.82, 2.24) is 20.0 Å². The van der Waals surface area contributed by atoms with Crippen LogP contribution in [0.5, 0.6) is 0 Å². The van der Waals surface area contributed by atoms with Gasteiger partial charge >= 0.3 is 0 Å². The first-order valence-electron chi connectivity index (χ1n) is 8.82. The van der Waals surface area contributed by atoms with E-state index in [1.54, 1.807) is 0 Å². The molecule has 3 heterocycles. The van der Waals surface area contributed by atoms with Gasteiger partial charge in [-0.05, 0) is 12.8 Å². The van der Waals surface area contributed by atoms with Crippen molar-refractivity contribution in [2.75, 3.05) is 13.1 Å². The average molecular weight is 338 g/mol. The molecule has 1 unspecified atom stereocenters. The minimum Gasteiger partial charge on any atom is -0.344 e. The number of rotatable bonds is 2. The lowest BCUT2D eigenvalue weighted by Crippen LogP contribution is -2.45. The Hall–Kier alpha value is -2.63. The summed E-state index contributed by atoms with van der Waals surface area (Å²) in [5.41, 5.74) is 4.56. The molecule has 6 nitrogen and oxygen atoms in total. The van der Waals surface area contributed by atoms with Gasteiger partial charge in [-0.25, -0.2) is 0 Å². The molecular weight excluding hydrogens is 316 g/mol. The lowest BCUT2D eigenvalue weighted by atomic mass is 10.0. The van der Waals surface area contributed by atoms with Gasteiger partial charge in [0.2, 0.25) is 11.8 Å². The number of carbonyl (C=O) groups is 2. The van der Waals surface area contributed by atoms with Crippen LogP contribution in [0.4, 0.5) is 0 Å². The third kappa shape index (κ3) is 2.92.